The SMILES string of the molecule is CC(CCO)SCc1cc(C#CCCO)cs1. The van der Waals surface area contributed by atoms with Gasteiger partial charge in [-0.3, -0.25) is 0 Å². The monoisotopic (exact) mass is 270 g/mol. The van der Waals surface area contributed by atoms with E-state index in [9.17, 15) is 0 Å². The molecule has 0 bridgehead atoms. The van der Waals surface area contributed by atoms with Gasteiger partial charge >= 0.3 is 0 Å². The van der Waals surface area contributed by atoms with E-state index < -0.39 is 0 Å². The van der Waals surface area contributed by atoms with E-state index in [-0.39, 0.29) is 13.2 Å². The molecule has 17 heavy (non-hydrogen) atoms. The molecule has 1 atom stereocenters. The molecule has 4 heteroatoms. The number of aliphatic hydroxyl groups excluding tert-OH is 2. The first kappa shape index (κ1) is 14.6. The van der Waals surface area contributed by atoms with Crippen LogP contribution in [0.15, 0.2) is 11.4 Å². The van der Waals surface area contributed by atoms with E-state index >= 15 is 0 Å². The summed E-state index contributed by atoms with van der Waals surface area (Å²) in [6, 6.07) is 2.10. The fourth-order valence-corrected chi connectivity index (χ4v) is 3.11. The number of hydrogen-bond acceptors (Lipinski definition) is 4. The first-order chi connectivity index (χ1) is 8.26. The summed E-state index contributed by atoms with van der Waals surface area (Å²) in [5.74, 6) is 6.93. The second-order valence-electron chi connectivity index (χ2n) is 3.71. The highest BCUT2D eigenvalue weighted by Gasteiger charge is 2.04. The molecule has 1 aromatic heterocycles. The largest absolute Gasteiger partial charge is 0.396 e. The second-order valence-corrected chi connectivity index (χ2v) is 6.13. The first-order valence-corrected chi connectivity index (χ1v) is 7.58. The zero-order valence-corrected chi connectivity index (χ0v) is 11.6. The number of thioether (sulfide) groups is 1. The Morgan fingerprint density at radius 2 is 2.24 bits per heavy atom. The molecule has 0 aliphatic carbocycles. The van der Waals surface area contributed by atoms with Crippen molar-refractivity contribution in [1.82, 2.24) is 0 Å². The average molecular weight is 270 g/mol. The van der Waals surface area contributed by atoms with Crippen LogP contribution in [-0.2, 0) is 5.75 Å². The smallest absolute Gasteiger partial charge is 0.0540 e. The second kappa shape index (κ2) is 8.60. The van der Waals surface area contributed by atoms with Crippen molar-refractivity contribution in [3.8, 4) is 11.8 Å². The standard InChI is InChI=1S/C13H18O2S2/c1-11(5-7-15)16-10-13-8-12(9-17-13)4-2-3-6-14/h8-9,11,14-15H,3,5-7,10H2,1H3. The highest BCUT2D eigenvalue weighted by Crippen LogP contribution is 2.24. The zero-order valence-electron chi connectivity index (χ0n) is 9.98. The lowest BCUT2D eigenvalue weighted by atomic mass is 10.3. The molecular weight excluding hydrogens is 252 g/mol. The van der Waals surface area contributed by atoms with Crippen LogP contribution >= 0.6 is 23.1 Å². The van der Waals surface area contributed by atoms with E-state index in [1.807, 2.05) is 11.8 Å². The van der Waals surface area contributed by atoms with Crippen molar-refractivity contribution >= 4 is 23.1 Å². The van der Waals surface area contributed by atoms with Crippen LogP contribution in [0.5, 0.6) is 0 Å². The number of rotatable bonds is 6. The fraction of sp³-hybridized carbons (Fsp3) is 0.538. The summed E-state index contributed by atoms with van der Waals surface area (Å²) < 4.78 is 0. The Kier molecular flexibility index (Phi) is 7.38. The molecule has 0 aliphatic heterocycles. The van der Waals surface area contributed by atoms with Gasteiger partial charge in [-0.2, -0.15) is 11.8 Å². The minimum Gasteiger partial charge on any atom is -0.396 e. The molecule has 0 saturated heterocycles. The van der Waals surface area contributed by atoms with Crippen LogP contribution in [0.3, 0.4) is 0 Å². The normalized spacial score (nSPS) is 11.9. The lowest BCUT2D eigenvalue weighted by Gasteiger charge is -2.07. The molecule has 0 amide bonds. The van der Waals surface area contributed by atoms with Gasteiger partial charge < -0.3 is 10.2 Å². The van der Waals surface area contributed by atoms with Crippen LogP contribution < -0.4 is 0 Å². The molecule has 1 aromatic rings. The summed E-state index contributed by atoms with van der Waals surface area (Å²) in [5, 5.41) is 20.0. The van der Waals surface area contributed by atoms with Crippen molar-refractivity contribution in [2.24, 2.45) is 0 Å². The van der Waals surface area contributed by atoms with Gasteiger partial charge in [-0.05, 0) is 12.5 Å². The van der Waals surface area contributed by atoms with Crippen LogP contribution in [0.1, 0.15) is 30.2 Å². The third-order valence-corrected chi connectivity index (χ3v) is 4.57. The quantitative estimate of drug-likeness (QED) is 0.780. The predicted molar refractivity (Wildman–Crippen MR) is 75.4 cm³/mol. The van der Waals surface area contributed by atoms with Crippen molar-refractivity contribution in [3.63, 3.8) is 0 Å². The van der Waals surface area contributed by atoms with Crippen molar-refractivity contribution in [3.05, 3.63) is 21.9 Å². The average Bonchev–Trinajstić information content (AvgIpc) is 2.75. The van der Waals surface area contributed by atoms with Crippen LogP contribution in [0, 0.1) is 11.8 Å². The zero-order chi connectivity index (χ0) is 12.5. The molecule has 0 aliphatic rings. The summed E-state index contributed by atoms with van der Waals surface area (Å²) in [4.78, 5) is 1.31. The highest BCUT2D eigenvalue weighted by atomic mass is 32.2. The third kappa shape index (κ3) is 6.13. The lowest BCUT2D eigenvalue weighted by Crippen LogP contribution is -1.99. The van der Waals surface area contributed by atoms with Gasteiger partial charge in [0.1, 0.15) is 0 Å². The molecule has 1 heterocycles. The third-order valence-electron chi connectivity index (χ3n) is 2.17. The number of aliphatic hydroxyl groups is 2. The first-order valence-electron chi connectivity index (χ1n) is 5.66. The van der Waals surface area contributed by atoms with Gasteiger partial charge in [-0.15, -0.1) is 11.3 Å². The maximum absolute atomic E-state index is 8.81. The summed E-state index contributed by atoms with van der Waals surface area (Å²) in [5.41, 5.74) is 1.04. The Morgan fingerprint density at radius 3 is 2.94 bits per heavy atom. The van der Waals surface area contributed by atoms with Crippen molar-refractivity contribution in [2.75, 3.05) is 13.2 Å². The molecule has 0 fully saturated rings. The van der Waals surface area contributed by atoms with Crippen molar-refractivity contribution < 1.29 is 10.2 Å². The molecule has 0 radical (unpaired) electrons. The number of thiophene rings is 1. The Hall–Kier alpha value is -0.470. The molecular formula is C13H18O2S2. The number of hydrogen-bond donors (Lipinski definition) is 2. The summed E-state index contributed by atoms with van der Waals surface area (Å²) in [6.45, 7) is 2.52. The van der Waals surface area contributed by atoms with Crippen LogP contribution in [-0.4, -0.2) is 28.7 Å². The van der Waals surface area contributed by atoms with Crippen LogP contribution in [0.25, 0.3) is 0 Å². The van der Waals surface area contributed by atoms with Gasteiger partial charge in [0, 0.05) is 39.9 Å². The van der Waals surface area contributed by atoms with E-state index in [2.05, 4.69) is 30.2 Å². The minimum absolute atomic E-state index is 0.124. The van der Waals surface area contributed by atoms with E-state index in [4.69, 9.17) is 10.2 Å². The Labute approximate surface area is 111 Å². The molecule has 2 N–H and O–H groups in total. The molecule has 0 aromatic carbocycles. The Bertz CT molecular complexity index is 376. The van der Waals surface area contributed by atoms with Crippen LogP contribution in [0.4, 0.5) is 0 Å². The van der Waals surface area contributed by atoms with E-state index in [1.54, 1.807) is 11.3 Å². The predicted octanol–water partition coefficient (Wildman–Crippen LogP) is 2.49. The maximum atomic E-state index is 8.81. The van der Waals surface area contributed by atoms with Crippen molar-refractivity contribution in [1.29, 1.82) is 0 Å². The van der Waals surface area contributed by atoms with Gasteiger partial charge in [0.25, 0.3) is 0 Å². The minimum atomic E-state index is 0.124. The summed E-state index contributed by atoms with van der Waals surface area (Å²) in [6.07, 6.45) is 1.38. The fourth-order valence-electron chi connectivity index (χ4n) is 1.23. The van der Waals surface area contributed by atoms with E-state index in [0.29, 0.717) is 11.7 Å². The van der Waals surface area contributed by atoms with Gasteiger partial charge in [0.05, 0.1) is 6.61 Å². The van der Waals surface area contributed by atoms with E-state index in [0.717, 1.165) is 17.7 Å². The van der Waals surface area contributed by atoms with Gasteiger partial charge in [0.15, 0.2) is 0 Å². The Morgan fingerprint density at radius 1 is 1.41 bits per heavy atom. The maximum Gasteiger partial charge on any atom is 0.0540 e. The van der Waals surface area contributed by atoms with Crippen LogP contribution in [0.2, 0.25) is 0 Å². The summed E-state index contributed by atoms with van der Waals surface area (Å²) >= 11 is 3.58. The Balaban J connectivity index is 2.38. The van der Waals surface area contributed by atoms with Gasteiger partial charge in [0.2, 0.25) is 0 Å². The lowest BCUT2D eigenvalue weighted by molar-refractivity contribution is 0.289. The molecule has 1 rings (SSSR count). The molecule has 94 valence electrons. The summed E-state index contributed by atoms with van der Waals surface area (Å²) in [7, 11) is 0. The van der Waals surface area contributed by atoms with Crippen molar-refractivity contribution in [2.45, 2.75) is 30.8 Å². The van der Waals surface area contributed by atoms with E-state index in [1.165, 1.54) is 4.88 Å². The molecule has 0 spiro atoms. The molecule has 2 nitrogen and oxygen atoms in total. The topological polar surface area (TPSA) is 40.5 Å². The highest BCUT2D eigenvalue weighted by molar-refractivity contribution is 7.99. The molecule has 1 unspecified atom stereocenters. The van der Waals surface area contributed by atoms with Gasteiger partial charge in [-0.1, -0.05) is 18.8 Å². The molecule has 0 saturated carbocycles. The van der Waals surface area contributed by atoms with Gasteiger partial charge in [-0.25, -0.2) is 0 Å².